The van der Waals surface area contributed by atoms with Gasteiger partial charge in [0.1, 0.15) is 0 Å². The quantitative estimate of drug-likeness (QED) is 0.871. The van der Waals surface area contributed by atoms with Crippen LogP contribution in [0.1, 0.15) is 6.92 Å². The SMILES string of the molecule is C[C@@H](C(N)=O)N1CCN(S(=O)(=O)c2cccc(Cl)c2)CC1. The molecule has 116 valence electrons. The molecule has 2 N–H and O–H groups in total. The van der Waals surface area contributed by atoms with Gasteiger partial charge in [-0.2, -0.15) is 4.31 Å². The van der Waals surface area contributed by atoms with E-state index in [2.05, 4.69) is 0 Å². The van der Waals surface area contributed by atoms with Crippen LogP contribution in [0, 0.1) is 0 Å². The lowest BCUT2D eigenvalue weighted by atomic mass is 10.2. The Bertz CT molecular complexity index is 627. The molecule has 1 aliphatic heterocycles. The Morgan fingerprint density at radius 2 is 1.90 bits per heavy atom. The molecule has 1 heterocycles. The number of primary amides is 1. The van der Waals surface area contributed by atoms with Crippen molar-refractivity contribution in [1.82, 2.24) is 9.21 Å². The van der Waals surface area contributed by atoms with Crippen LogP contribution in [-0.4, -0.2) is 55.8 Å². The van der Waals surface area contributed by atoms with E-state index in [9.17, 15) is 13.2 Å². The highest BCUT2D eigenvalue weighted by Gasteiger charge is 2.31. The van der Waals surface area contributed by atoms with Crippen LogP contribution in [0.25, 0.3) is 0 Å². The van der Waals surface area contributed by atoms with Crippen LogP contribution in [0.15, 0.2) is 29.2 Å². The van der Waals surface area contributed by atoms with E-state index in [1.807, 2.05) is 4.90 Å². The van der Waals surface area contributed by atoms with Crippen molar-refractivity contribution in [2.24, 2.45) is 5.73 Å². The minimum atomic E-state index is -3.55. The number of hydrogen-bond acceptors (Lipinski definition) is 4. The molecule has 0 unspecified atom stereocenters. The first-order valence-corrected chi connectivity index (χ1v) is 8.43. The van der Waals surface area contributed by atoms with Gasteiger partial charge in [-0.25, -0.2) is 8.42 Å². The molecular weight excluding hydrogens is 314 g/mol. The fourth-order valence-electron chi connectivity index (χ4n) is 2.29. The molecule has 2 rings (SSSR count). The first kappa shape index (κ1) is 16.2. The van der Waals surface area contributed by atoms with E-state index < -0.39 is 15.9 Å². The first-order chi connectivity index (χ1) is 9.82. The molecule has 0 radical (unpaired) electrons. The third-order valence-electron chi connectivity index (χ3n) is 3.67. The van der Waals surface area contributed by atoms with Crippen molar-refractivity contribution in [3.63, 3.8) is 0 Å². The Morgan fingerprint density at radius 1 is 1.29 bits per heavy atom. The minimum Gasteiger partial charge on any atom is -0.368 e. The number of sulfonamides is 1. The molecule has 0 aliphatic carbocycles. The number of rotatable bonds is 4. The highest BCUT2D eigenvalue weighted by molar-refractivity contribution is 7.89. The molecule has 6 nitrogen and oxygen atoms in total. The maximum Gasteiger partial charge on any atom is 0.243 e. The smallest absolute Gasteiger partial charge is 0.243 e. The number of nitrogens with two attached hydrogens (primary N) is 1. The number of nitrogens with zero attached hydrogens (tertiary/aromatic N) is 2. The van der Waals surface area contributed by atoms with Crippen molar-refractivity contribution in [2.45, 2.75) is 17.9 Å². The van der Waals surface area contributed by atoms with E-state index in [1.54, 1.807) is 19.1 Å². The average molecular weight is 332 g/mol. The summed E-state index contributed by atoms with van der Waals surface area (Å²) in [6.07, 6.45) is 0. The fraction of sp³-hybridized carbons (Fsp3) is 0.462. The van der Waals surface area contributed by atoms with Crippen molar-refractivity contribution in [3.8, 4) is 0 Å². The van der Waals surface area contributed by atoms with Crippen molar-refractivity contribution in [2.75, 3.05) is 26.2 Å². The van der Waals surface area contributed by atoms with Crippen molar-refractivity contribution >= 4 is 27.5 Å². The molecule has 0 saturated carbocycles. The Kier molecular flexibility index (Phi) is 4.88. The second kappa shape index (κ2) is 6.31. The zero-order chi connectivity index (χ0) is 15.6. The molecule has 1 saturated heterocycles. The number of carbonyl (C=O) groups is 1. The van der Waals surface area contributed by atoms with Gasteiger partial charge >= 0.3 is 0 Å². The lowest BCUT2D eigenvalue weighted by Gasteiger charge is -2.36. The second-order valence-electron chi connectivity index (χ2n) is 4.98. The first-order valence-electron chi connectivity index (χ1n) is 6.61. The maximum atomic E-state index is 12.5. The lowest BCUT2D eigenvalue weighted by molar-refractivity contribution is -0.123. The van der Waals surface area contributed by atoms with Gasteiger partial charge < -0.3 is 5.73 Å². The molecule has 1 fully saturated rings. The normalized spacial score (nSPS) is 19.3. The topological polar surface area (TPSA) is 83.7 Å². The fourth-order valence-corrected chi connectivity index (χ4v) is 4.01. The Hall–Kier alpha value is -1.15. The van der Waals surface area contributed by atoms with Gasteiger partial charge in [0.2, 0.25) is 15.9 Å². The Morgan fingerprint density at radius 3 is 2.43 bits per heavy atom. The Labute approximate surface area is 129 Å². The van der Waals surface area contributed by atoms with Gasteiger partial charge in [-0.15, -0.1) is 0 Å². The largest absolute Gasteiger partial charge is 0.368 e. The molecule has 0 aromatic heterocycles. The summed E-state index contributed by atoms with van der Waals surface area (Å²) >= 11 is 5.85. The third kappa shape index (κ3) is 3.55. The van der Waals surface area contributed by atoms with Crippen LogP contribution >= 0.6 is 11.6 Å². The number of hydrogen-bond donors (Lipinski definition) is 1. The van der Waals surface area contributed by atoms with E-state index >= 15 is 0 Å². The number of amides is 1. The zero-order valence-electron chi connectivity index (χ0n) is 11.7. The maximum absolute atomic E-state index is 12.5. The lowest BCUT2D eigenvalue weighted by Crippen LogP contribution is -2.54. The molecule has 8 heteroatoms. The van der Waals surface area contributed by atoms with Gasteiger partial charge in [-0.1, -0.05) is 17.7 Å². The summed E-state index contributed by atoms with van der Waals surface area (Å²) in [4.78, 5) is 13.2. The van der Waals surface area contributed by atoms with Gasteiger partial charge in [-0.05, 0) is 25.1 Å². The molecule has 1 aliphatic rings. The number of benzene rings is 1. The predicted molar refractivity (Wildman–Crippen MR) is 80.4 cm³/mol. The van der Waals surface area contributed by atoms with Gasteiger partial charge in [0.25, 0.3) is 0 Å². The highest BCUT2D eigenvalue weighted by Crippen LogP contribution is 2.21. The molecule has 0 spiro atoms. The summed E-state index contributed by atoms with van der Waals surface area (Å²) in [5, 5.41) is 0.386. The van der Waals surface area contributed by atoms with Crippen LogP contribution in [0.3, 0.4) is 0 Å². The molecule has 1 aromatic carbocycles. The molecule has 1 atom stereocenters. The van der Waals surface area contributed by atoms with E-state index in [4.69, 9.17) is 17.3 Å². The summed E-state index contributed by atoms with van der Waals surface area (Å²) < 4.78 is 26.4. The van der Waals surface area contributed by atoms with E-state index in [1.165, 1.54) is 16.4 Å². The summed E-state index contributed by atoms with van der Waals surface area (Å²) in [5.41, 5.74) is 5.27. The average Bonchev–Trinajstić information content (AvgIpc) is 2.46. The van der Waals surface area contributed by atoms with E-state index in [-0.39, 0.29) is 10.9 Å². The monoisotopic (exact) mass is 331 g/mol. The van der Waals surface area contributed by atoms with Crippen LogP contribution in [-0.2, 0) is 14.8 Å². The molecule has 0 bridgehead atoms. The summed E-state index contributed by atoms with van der Waals surface area (Å²) in [6.45, 7) is 3.33. The van der Waals surface area contributed by atoms with Crippen LogP contribution in [0.2, 0.25) is 5.02 Å². The third-order valence-corrected chi connectivity index (χ3v) is 5.80. The summed E-state index contributed by atoms with van der Waals surface area (Å²) in [5.74, 6) is -0.402. The zero-order valence-corrected chi connectivity index (χ0v) is 13.3. The Balaban J connectivity index is 2.09. The molecule has 1 amide bonds. The van der Waals surface area contributed by atoms with E-state index in [0.717, 1.165) is 0 Å². The molecule has 21 heavy (non-hydrogen) atoms. The standard InChI is InChI=1S/C13H18ClN3O3S/c1-10(13(15)18)16-5-7-17(8-6-16)21(19,20)12-4-2-3-11(14)9-12/h2-4,9-10H,5-8H2,1H3,(H2,15,18)/t10-/m0/s1. The van der Waals surface area contributed by atoms with Gasteiger partial charge in [0, 0.05) is 31.2 Å². The summed E-state index contributed by atoms with van der Waals surface area (Å²) in [6, 6.07) is 5.82. The molecule has 1 aromatic rings. The number of carbonyl (C=O) groups excluding carboxylic acids is 1. The van der Waals surface area contributed by atoms with Crippen LogP contribution < -0.4 is 5.73 Å². The van der Waals surface area contributed by atoms with Crippen molar-refractivity contribution in [1.29, 1.82) is 0 Å². The highest BCUT2D eigenvalue weighted by atomic mass is 35.5. The van der Waals surface area contributed by atoms with Crippen LogP contribution in [0.4, 0.5) is 0 Å². The van der Waals surface area contributed by atoms with Crippen molar-refractivity contribution < 1.29 is 13.2 Å². The van der Waals surface area contributed by atoms with Crippen LogP contribution in [0.5, 0.6) is 0 Å². The number of piperazine rings is 1. The second-order valence-corrected chi connectivity index (χ2v) is 7.35. The van der Waals surface area contributed by atoms with E-state index in [0.29, 0.717) is 31.2 Å². The van der Waals surface area contributed by atoms with Gasteiger partial charge in [0.15, 0.2) is 0 Å². The van der Waals surface area contributed by atoms with Crippen molar-refractivity contribution in [3.05, 3.63) is 29.3 Å². The molecular formula is C13H18ClN3O3S. The van der Waals surface area contributed by atoms with Gasteiger partial charge in [0.05, 0.1) is 10.9 Å². The van der Waals surface area contributed by atoms with Gasteiger partial charge in [-0.3, -0.25) is 9.69 Å². The predicted octanol–water partition coefficient (Wildman–Crippen LogP) is 0.520. The minimum absolute atomic E-state index is 0.186. The summed E-state index contributed by atoms with van der Waals surface area (Å²) in [7, 11) is -3.55. The number of halogens is 1.